The van der Waals surface area contributed by atoms with Crippen molar-refractivity contribution in [1.29, 1.82) is 0 Å². The van der Waals surface area contributed by atoms with E-state index in [1.807, 2.05) is 0 Å². The molecule has 0 aliphatic rings. The predicted octanol–water partition coefficient (Wildman–Crippen LogP) is 1.88. The van der Waals surface area contributed by atoms with Gasteiger partial charge in [0.1, 0.15) is 0 Å². The Kier molecular flexibility index (Phi) is 4.98. The van der Waals surface area contributed by atoms with E-state index in [0.29, 0.717) is 0 Å². The number of H-pyrrole nitrogens is 1. The Hall–Kier alpha value is -1.51. The molecule has 19 heavy (non-hydrogen) atoms. The van der Waals surface area contributed by atoms with Gasteiger partial charge in [-0.1, -0.05) is 15.9 Å². The standard InChI is InChI=1S/C10H9BrF3NO4/c1-18-7(16)2-6-8(17)5(3-11)4-15-9(6)19-10(12,13)14/h4H,2-3H2,1H3,(H,15,17). The summed E-state index contributed by atoms with van der Waals surface area (Å²) in [6.07, 6.45) is -4.50. The lowest BCUT2D eigenvalue weighted by Crippen LogP contribution is -2.25. The van der Waals surface area contributed by atoms with Gasteiger partial charge in [-0.05, 0) is 0 Å². The van der Waals surface area contributed by atoms with Crippen LogP contribution in [0.25, 0.3) is 0 Å². The fourth-order valence-electron chi connectivity index (χ4n) is 1.29. The molecule has 0 fully saturated rings. The number of methoxy groups -OCH3 is 1. The largest absolute Gasteiger partial charge is 0.574 e. The van der Waals surface area contributed by atoms with E-state index < -0.39 is 35.6 Å². The highest BCUT2D eigenvalue weighted by atomic mass is 79.9. The number of esters is 1. The van der Waals surface area contributed by atoms with Crippen molar-refractivity contribution in [2.75, 3.05) is 7.11 Å². The number of nitrogens with one attached hydrogen (secondary N) is 1. The normalized spacial score (nSPS) is 11.2. The lowest BCUT2D eigenvalue weighted by Gasteiger charge is -2.12. The summed E-state index contributed by atoms with van der Waals surface area (Å²) in [6.45, 7) is 0. The zero-order chi connectivity index (χ0) is 14.6. The van der Waals surface area contributed by atoms with E-state index in [2.05, 4.69) is 30.4 Å². The molecule has 0 aliphatic carbocycles. The highest BCUT2D eigenvalue weighted by Crippen LogP contribution is 2.23. The Bertz CT molecular complexity index is 526. The highest BCUT2D eigenvalue weighted by molar-refractivity contribution is 9.08. The minimum Gasteiger partial charge on any atom is -0.469 e. The Morgan fingerprint density at radius 2 is 2.11 bits per heavy atom. The third-order valence-electron chi connectivity index (χ3n) is 2.13. The van der Waals surface area contributed by atoms with E-state index in [4.69, 9.17) is 0 Å². The number of hydrogen-bond donors (Lipinski definition) is 1. The van der Waals surface area contributed by atoms with E-state index in [-0.39, 0.29) is 10.9 Å². The first-order valence-corrected chi connectivity index (χ1v) is 6.02. The summed E-state index contributed by atoms with van der Waals surface area (Å²) in [4.78, 5) is 25.2. The molecule has 9 heteroatoms. The monoisotopic (exact) mass is 343 g/mol. The van der Waals surface area contributed by atoms with Crippen molar-refractivity contribution in [2.45, 2.75) is 18.1 Å². The summed E-state index contributed by atoms with van der Waals surface area (Å²) in [7, 11) is 1.06. The molecule has 0 bridgehead atoms. The fraction of sp³-hybridized carbons (Fsp3) is 0.400. The first-order chi connectivity index (χ1) is 8.78. The van der Waals surface area contributed by atoms with Crippen LogP contribution in [0.4, 0.5) is 13.2 Å². The van der Waals surface area contributed by atoms with Gasteiger partial charge in [0.25, 0.3) is 0 Å². The molecule has 1 heterocycles. The van der Waals surface area contributed by atoms with Gasteiger partial charge in [-0.3, -0.25) is 9.59 Å². The van der Waals surface area contributed by atoms with Crippen LogP contribution in [0.2, 0.25) is 0 Å². The Balaban J connectivity index is 3.26. The predicted molar refractivity (Wildman–Crippen MR) is 62.1 cm³/mol. The van der Waals surface area contributed by atoms with Crippen LogP contribution in [0.3, 0.4) is 0 Å². The van der Waals surface area contributed by atoms with Gasteiger partial charge in [-0.2, -0.15) is 0 Å². The molecule has 0 atom stereocenters. The zero-order valence-corrected chi connectivity index (χ0v) is 11.2. The number of alkyl halides is 4. The minimum atomic E-state index is -4.97. The number of carbonyl (C=O) groups is 1. The first-order valence-electron chi connectivity index (χ1n) is 4.90. The van der Waals surface area contributed by atoms with Gasteiger partial charge < -0.3 is 14.5 Å². The number of aromatic amines is 1. The summed E-state index contributed by atoms with van der Waals surface area (Å²) >= 11 is 3.01. The van der Waals surface area contributed by atoms with E-state index in [0.717, 1.165) is 13.3 Å². The van der Waals surface area contributed by atoms with Crippen LogP contribution >= 0.6 is 15.9 Å². The Labute approximate surface area is 113 Å². The average Bonchev–Trinajstić information content (AvgIpc) is 2.32. The molecule has 0 spiro atoms. The van der Waals surface area contributed by atoms with Gasteiger partial charge in [-0.15, -0.1) is 13.2 Å². The second-order valence-electron chi connectivity index (χ2n) is 3.39. The van der Waals surface area contributed by atoms with Crippen LogP contribution in [0.1, 0.15) is 11.1 Å². The SMILES string of the molecule is COC(=O)Cc1c(OC(F)(F)F)[nH]cc(CBr)c1=O. The molecule has 1 N–H and O–H groups in total. The molecule has 0 saturated heterocycles. The molecule has 0 amide bonds. The fourth-order valence-corrected chi connectivity index (χ4v) is 1.70. The van der Waals surface area contributed by atoms with Gasteiger partial charge >= 0.3 is 12.3 Å². The van der Waals surface area contributed by atoms with E-state index >= 15 is 0 Å². The molecule has 0 aromatic carbocycles. The minimum absolute atomic E-state index is 0.128. The molecular formula is C10H9BrF3NO4. The van der Waals surface area contributed by atoms with Gasteiger partial charge in [0.05, 0.1) is 19.1 Å². The number of aromatic nitrogens is 1. The van der Waals surface area contributed by atoms with Crippen molar-refractivity contribution < 1.29 is 27.4 Å². The number of halogens is 4. The van der Waals surface area contributed by atoms with Crippen molar-refractivity contribution in [3.63, 3.8) is 0 Å². The van der Waals surface area contributed by atoms with Crippen LogP contribution in [-0.4, -0.2) is 24.4 Å². The van der Waals surface area contributed by atoms with Crippen molar-refractivity contribution in [3.8, 4) is 5.88 Å². The molecule has 106 valence electrons. The molecule has 0 unspecified atom stereocenters. The van der Waals surface area contributed by atoms with Crippen molar-refractivity contribution in [2.24, 2.45) is 0 Å². The van der Waals surface area contributed by atoms with Crippen molar-refractivity contribution in [3.05, 3.63) is 27.5 Å². The average molecular weight is 344 g/mol. The van der Waals surface area contributed by atoms with E-state index in [1.165, 1.54) is 0 Å². The topological polar surface area (TPSA) is 68.4 Å². The maximum absolute atomic E-state index is 12.2. The Morgan fingerprint density at radius 3 is 2.58 bits per heavy atom. The van der Waals surface area contributed by atoms with Gasteiger partial charge in [0.2, 0.25) is 5.88 Å². The second kappa shape index (κ2) is 6.09. The third-order valence-corrected chi connectivity index (χ3v) is 2.73. The molecule has 1 aromatic heterocycles. The van der Waals surface area contributed by atoms with Crippen LogP contribution in [0, 0.1) is 0 Å². The lowest BCUT2D eigenvalue weighted by molar-refractivity contribution is -0.276. The molecule has 5 nitrogen and oxygen atoms in total. The molecule has 1 aromatic rings. The molecule has 0 saturated carbocycles. The quantitative estimate of drug-likeness (QED) is 0.669. The summed E-state index contributed by atoms with van der Waals surface area (Å²) in [5, 5.41) is 0.128. The molecular weight excluding hydrogens is 335 g/mol. The van der Waals surface area contributed by atoms with Gasteiger partial charge in [0, 0.05) is 17.1 Å². The first kappa shape index (κ1) is 15.5. The van der Waals surface area contributed by atoms with E-state index in [1.54, 1.807) is 0 Å². The van der Waals surface area contributed by atoms with Crippen LogP contribution in [0.15, 0.2) is 11.0 Å². The number of carbonyl (C=O) groups excluding carboxylic acids is 1. The summed E-state index contributed by atoms with van der Waals surface area (Å²) in [6, 6.07) is 0. The number of rotatable bonds is 4. The molecule has 0 radical (unpaired) electrons. The summed E-state index contributed by atoms with van der Waals surface area (Å²) < 4.78 is 44.6. The number of pyridine rings is 1. The smallest absolute Gasteiger partial charge is 0.469 e. The van der Waals surface area contributed by atoms with Crippen LogP contribution in [-0.2, 0) is 21.3 Å². The van der Waals surface area contributed by atoms with Crippen molar-refractivity contribution in [1.82, 2.24) is 4.98 Å². The third kappa shape index (κ3) is 4.27. The highest BCUT2D eigenvalue weighted by Gasteiger charge is 2.33. The van der Waals surface area contributed by atoms with Gasteiger partial charge in [0.15, 0.2) is 5.43 Å². The van der Waals surface area contributed by atoms with Crippen LogP contribution < -0.4 is 10.2 Å². The van der Waals surface area contributed by atoms with Crippen LogP contribution in [0.5, 0.6) is 5.88 Å². The summed E-state index contributed by atoms with van der Waals surface area (Å²) in [5.41, 5.74) is -0.963. The second-order valence-corrected chi connectivity index (χ2v) is 3.95. The maximum Gasteiger partial charge on any atom is 0.574 e. The number of hydrogen-bond acceptors (Lipinski definition) is 4. The lowest BCUT2D eigenvalue weighted by atomic mass is 10.1. The van der Waals surface area contributed by atoms with Gasteiger partial charge in [-0.25, -0.2) is 0 Å². The molecule has 1 rings (SSSR count). The van der Waals surface area contributed by atoms with E-state index in [9.17, 15) is 22.8 Å². The maximum atomic E-state index is 12.2. The molecule has 0 aliphatic heterocycles. The van der Waals surface area contributed by atoms with Crippen molar-refractivity contribution >= 4 is 21.9 Å². The Morgan fingerprint density at radius 1 is 1.47 bits per heavy atom. The summed E-state index contributed by atoms with van der Waals surface area (Å²) in [5.74, 6) is -1.66. The number of ether oxygens (including phenoxy) is 2. The zero-order valence-electron chi connectivity index (χ0n) is 9.64.